The van der Waals surface area contributed by atoms with Crippen LogP contribution in [0.25, 0.3) is 0 Å². The summed E-state index contributed by atoms with van der Waals surface area (Å²) in [5.74, 6) is 0.605. The van der Waals surface area contributed by atoms with E-state index >= 15 is 0 Å². The van der Waals surface area contributed by atoms with Crippen LogP contribution in [0.15, 0.2) is 0 Å². The van der Waals surface area contributed by atoms with Crippen molar-refractivity contribution in [1.29, 1.82) is 0 Å². The van der Waals surface area contributed by atoms with Gasteiger partial charge >= 0.3 is 0 Å². The van der Waals surface area contributed by atoms with Crippen LogP contribution in [0.1, 0.15) is 27.7 Å². The Kier molecular flexibility index (Phi) is 4.15. The second-order valence-electron chi connectivity index (χ2n) is 5.52. The first kappa shape index (κ1) is 12.9. The van der Waals surface area contributed by atoms with Gasteiger partial charge in [0.1, 0.15) is 0 Å². The maximum Gasteiger partial charge on any atom is 0.0330 e. The van der Waals surface area contributed by atoms with Crippen LogP contribution < -0.4 is 5.73 Å². The van der Waals surface area contributed by atoms with Crippen LogP contribution in [-0.2, 0) is 0 Å². The predicted octanol–water partition coefficient (Wildman–Crippen LogP) is 0.996. The fourth-order valence-electron chi connectivity index (χ4n) is 2.58. The minimum atomic E-state index is 0.153. The standard InChI is InChI=1S/C12H27N3/c1-10(2)12(4,9-13)15-7-6-14(5)8-11(15)3/h10-11H,6-9,13H2,1-5H3. The van der Waals surface area contributed by atoms with E-state index in [-0.39, 0.29) is 5.54 Å². The largest absolute Gasteiger partial charge is 0.329 e. The molecule has 2 N–H and O–H groups in total. The average Bonchev–Trinajstić information content (AvgIpc) is 2.16. The van der Waals surface area contributed by atoms with Gasteiger partial charge in [-0.25, -0.2) is 0 Å². The molecular formula is C12H27N3. The molecule has 0 spiro atoms. The first-order chi connectivity index (χ1) is 6.91. The normalized spacial score (nSPS) is 29.4. The van der Waals surface area contributed by atoms with Crippen molar-refractivity contribution >= 4 is 0 Å². The number of likely N-dealkylation sites (N-methyl/N-ethyl adjacent to an activating group) is 1. The smallest absolute Gasteiger partial charge is 0.0330 e. The molecule has 1 heterocycles. The minimum Gasteiger partial charge on any atom is -0.329 e. The Hall–Kier alpha value is -0.120. The Bertz CT molecular complexity index is 205. The van der Waals surface area contributed by atoms with Gasteiger partial charge in [0.2, 0.25) is 0 Å². The van der Waals surface area contributed by atoms with E-state index in [1.54, 1.807) is 0 Å². The molecule has 2 atom stereocenters. The molecule has 1 saturated heterocycles. The molecule has 1 aliphatic rings. The third kappa shape index (κ3) is 2.52. The summed E-state index contributed by atoms with van der Waals surface area (Å²) in [7, 11) is 2.20. The number of nitrogens with zero attached hydrogens (tertiary/aromatic N) is 2. The fraction of sp³-hybridized carbons (Fsp3) is 1.00. The SMILES string of the molecule is CC1CN(C)CCN1C(C)(CN)C(C)C. The number of nitrogens with two attached hydrogens (primary N) is 1. The van der Waals surface area contributed by atoms with Gasteiger partial charge in [-0.1, -0.05) is 13.8 Å². The second-order valence-corrected chi connectivity index (χ2v) is 5.52. The van der Waals surface area contributed by atoms with Crippen molar-refractivity contribution in [2.45, 2.75) is 39.3 Å². The van der Waals surface area contributed by atoms with Crippen molar-refractivity contribution in [2.75, 3.05) is 33.2 Å². The molecule has 1 fully saturated rings. The molecule has 0 aromatic heterocycles. The highest BCUT2D eigenvalue weighted by atomic mass is 15.3. The van der Waals surface area contributed by atoms with Gasteiger partial charge in [-0.15, -0.1) is 0 Å². The lowest BCUT2D eigenvalue weighted by Gasteiger charge is -2.51. The Morgan fingerprint density at radius 2 is 2.00 bits per heavy atom. The summed E-state index contributed by atoms with van der Waals surface area (Å²) in [6.45, 7) is 13.4. The van der Waals surface area contributed by atoms with Gasteiger partial charge in [0.25, 0.3) is 0 Å². The molecule has 15 heavy (non-hydrogen) atoms. The molecule has 0 saturated carbocycles. The molecule has 2 unspecified atom stereocenters. The van der Waals surface area contributed by atoms with Crippen molar-refractivity contribution in [1.82, 2.24) is 9.80 Å². The number of rotatable bonds is 3. The summed E-state index contributed by atoms with van der Waals surface area (Å²) in [5, 5.41) is 0. The van der Waals surface area contributed by atoms with E-state index in [0.29, 0.717) is 12.0 Å². The third-order valence-electron chi connectivity index (χ3n) is 4.14. The first-order valence-corrected chi connectivity index (χ1v) is 6.07. The van der Waals surface area contributed by atoms with Crippen molar-refractivity contribution in [2.24, 2.45) is 11.7 Å². The van der Waals surface area contributed by atoms with Crippen LogP contribution in [0, 0.1) is 5.92 Å². The fourth-order valence-corrected chi connectivity index (χ4v) is 2.58. The summed E-state index contributed by atoms with van der Waals surface area (Å²) in [4.78, 5) is 5.00. The number of hydrogen-bond acceptors (Lipinski definition) is 3. The van der Waals surface area contributed by atoms with Crippen molar-refractivity contribution < 1.29 is 0 Å². The van der Waals surface area contributed by atoms with Gasteiger partial charge in [-0.2, -0.15) is 0 Å². The Morgan fingerprint density at radius 1 is 1.40 bits per heavy atom. The van der Waals surface area contributed by atoms with Gasteiger partial charge < -0.3 is 10.6 Å². The summed E-state index contributed by atoms with van der Waals surface area (Å²) >= 11 is 0. The highest BCUT2D eigenvalue weighted by Crippen LogP contribution is 2.27. The molecule has 0 amide bonds. The molecule has 1 rings (SSSR count). The zero-order chi connectivity index (χ0) is 11.6. The molecule has 3 nitrogen and oxygen atoms in total. The minimum absolute atomic E-state index is 0.153. The number of hydrogen-bond donors (Lipinski definition) is 1. The highest BCUT2D eigenvalue weighted by molar-refractivity contribution is 4.95. The van der Waals surface area contributed by atoms with Crippen LogP contribution in [0.3, 0.4) is 0 Å². The Balaban J connectivity index is 2.76. The lowest BCUT2D eigenvalue weighted by atomic mass is 9.85. The van der Waals surface area contributed by atoms with Crippen molar-refractivity contribution in [3.05, 3.63) is 0 Å². The molecule has 1 aliphatic heterocycles. The topological polar surface area (TPSA) is 32.5 Å². The lowest BCUT2D eigenvalue weighted by Crippen LogP contribution is -2.64. The molecule has 0 bridgehead atoms. The van der Waals surface area contributed by atoms with Crippen LogP contribution in [0.2, 0.25) is 0 Å². The maximum absolute atomic E-state index is 5.98. The van der Waals surface area contributed by atoms with Crippen LogP contribution >= 0.6 is 0 Å². The number of piperazine rings is 1. The van der Waals surface area contributed by atoms with Crippen LogP contribution in [0.5, 0.6) is 0 Å². The summed E-state index contributed by atoms with van der Waals surface area (Å²) in [6.07, 6.45) is 0. The van der Waals surface area contributed by atoms with E-state index in [1.165, 1.54) is 0 Å². The van der Waals surface area contributed by atoms with Gasteiger partial charge in [0.05, 0.1) is 0 Å². The zero-order valence-corrected chi connectivity index (χ0v) is 11.0. The molecule has 0 aromatic carbocycles. The quantitative estimate of drug-likeness (QED) is 0.759. The van der Waals surface area contributed by atoms with Gasteiger partial charge in [0.15, 0.2) is 0 Å². The van der Waals surface area contributed by atoms with Crippen molar-refractivity contribution in [3.63, 3.8) is 0 Å². The van der Waals surface area contributed by atoms with Crippen LogP contribution in [0.4, 0.5) is 0 Å². The molecule has 90 valence electrons. The van der Waals surface area contributed by atoms with E-state index in [9.17, 15) is 0 Å². The lowest BCUT2D eigenvalue weighted by molar-refractivity contribution is -0.0119. The molecular weight excluding hydrogens is 186 g/mol. The highest BCUT2D eigenvalue weighted by Gasteiger charge is 2.38. The van der Waals surface area contributed by atoms with E-state index in [1.807, 2.05) is 0 Å². The Morgan fingerprint density at radius 3 is 2.40 bits per heavy atom. The van der Waals surface area contributed by atoms with Crippen LogP contribution in [-0.4, -0.2) is 54.6 Å². The van der Waals surface area contributed by atoms with E-state index in [0.717, 1.165) is 26.2 Å². The second kappa shape index (κ2) is 4.81. The maximum atomic E-state index is 5.98. The summed E-state index contributed by atoms with van der Waals surface area (Å²) in [5.41, 5.74) is 6.13. The van der Waals surface area contributed by atoms with Gasteiger partial charge in [-0.05, 0) is 26.8 Å². The van der Waals surface area contributed by atoms with E-state index < -0.39 is 0 Å². The summed E-state index contributed by atoms with van der Waals surface area (Å²) in [6, 6.07) is 0.611. The van der Waals surface area contributed by atoms with E-state index in [2.05, 4.69) is 44.5 Å². The summed E-state index contributed by atoms with van der Waals surface area (Å²) < 4.78 is 0. The third-order valence-corrected chi connectivity index (χ3v) is 4.14. The zero-order valence-electron chi connectivity index (χ0n) is 11.0. The Labute approximate surface area is 94.6 Å². The van der Waals surface area contributed by atoms with Gasteiger partial charge in [0, 0.05) is 37.8 Å². The predicted molar refractivity (Wildman–Crippen MR) is 66.0 cm³/mol. The molecule has 3 heteroatoms. The molecule has 0 aromatic rings. The van der Waals surface area contributed by atoms with E-state index in [4.69, 9.17) is 5.73 Å². The van der Waals surface area contributed by atoms with Gasteiger partial charge in [-0.3, -0.25) is 4.90 Å². The molecule has 0 radical (unpaired) electrons. The average molecular weight is 213 g/mol. The van der Waals surface area contributed by atoms with Crippen molar-refractivity contribution in [3.8, 4) is 0 Å². The first-order valence-electron chi connectivity index (χ1n) is 6.07. The monoisotopic (exact) mass is 213 g/mol. The molecule has 0 aliphatic carbocycles.